The maximum absolute atomic E-state index is 13.1. The molecule has 2 aliphatic carbocycles. The number of cyclic esters (lactones) is 1. The molecular formula is C27H32N2O9. The van der Waals surface area contributed by atoms with Gasteiger partial charge in [0.1, 0.15) is 11.8 Å². The van der Waals surface area contributed by atoms with Crippen molar-refractivity contribution in [2.24, 2.45) is 0 Å². The van der Waals surface area contributed by atoms with Gasteiger partial charge < -0.3 is 39.4 Å². The summed E-state index contributed by atoms with van der Waals surface area (Å²) in [6.45, 7) is 5.34. The molecule has 6 atom stereocenters. The fourth-order valence-electron chi connectivity index (χ4n) is 7.02. The van der Waals surface area contributed by atoms with E-state index < -0.39 is 52.9 Å². The van der Waals surface area contributed by atoms with E-state index in [2.05, 4.69) is 10.2 Å². The summed E-state index contributed by atoms with van der Waals surface area (Å²) < 4.78 is 22.6. The van der Waals surface area contributed by atoms with E-state index in [1.54, 1.807) is 26.0 Å². The summed E-state index contributed by atoms with van der Waals surface area (Å²) in [6, 6.07) is 2.28. The topological polar surface area (TPSA) is 144 Å². The minimum absolute atomic E-state index is 0.0191. The Hall–Kier alpha value is -3.15. The van der Waals surface area contributed by atoms with Crippen LogP contribution in [0.1, 0.15) is 51.2 Å². The number of rotatable bonds is 5. The lowest BCUT2D eigenvalue weighted by Gasteiger charge is -2.61. The molecule has 0 radical (unpaired) electrons. The van der Waals surface area contributed by atoms with Crippen LogP contribution in [0.5, 0.6) is 11.5 Å². The summed E-state index contributed by atoms with van der Waals surface area (Å²) in [6.07, 6.45) is 0.944. The van der Waals surface area contributed by atoms with Crippen molar-refractivity contribution in [2.45, 2.75) is 87.5 Å². The monoisotopic (exact) mass is 528 g/mol. The number of nitrogens with one attached hydrogen (secondary N) is 1. The highest BCUT2D eigenvalue weighted by Gasteiger charge is 2.72. The molecule has 0 unspecified atom stereocenters. The fraction of sp³-hybridized carbons (Fsp3) is 0.593. The lowest BCUT2D eigenvalue weighted by molar-refractivity contribution is -0.170. The van der Waals surface area contributed by atoms with Crippen LogP contribution in [0.2, 0.25) is 0 Å². The van der Waals surface area contributed by atoms with E-state index in [1.165, 1.54) is 6.92 Å². The number of piperidine rings is 1. The maximum Gasteiger partial charge on any atom is 0.338 e. The van der Waals surface area contributed by atoms with Gasteiger partial charge in [-0.05, 0) is 51.1 Å². The zero-order valence-electron chi connectivity index (χ0n) is 21.8. The summed E-state index contributed by atoms with van der Waals surface area (Å²) in [7, 11) is 1.99. The number of amides is 1. The summed E-state index contributed by atoms with van der Waals surface area (Å²) in [5, 5.41) is 25.3. The van der Waals surface area contributed by atoms with Crippen LogP contribution in [-0.4, -0.2) is 82.2 Å². The SMILES string of the molecule is C[C@H](NC(=O)C[C@@H]1OC(C)(C)OC1=O)C(=O)OC1=CC[C@@]2(O)[C@H]3Cc4ccc(O)c5c4[C@@]2(CCN3C)[C@H]1O5. The van der Waals surface area contributed by atoms with Gasteiger partial charge in [0.25, 0.3) is 0 Å². The first-order valence-electron chi connectivity index (χ1n) is 12.9. The highest BCUT2D eigenvalue weighted by atomic mass is 16.8. The van der Waals surface area contributed by atoms with Crippen molar-refractivity contribution < 1.29 is 43.5 Å². The van der Waals surface area contributed by atoms with E-state index >= 15 is 0 Å². The van der Waals surface area contributed by atoms with Crippen molar-refractivity contribution >= 4 is 17.8 Å². The second-order valence-electron chi connectivity index (χ2n) is 11.4. The minimum atomic E-state index is -1.17. The Morgan fingerprint density at radius 1 is 1.32 bits per heavy atom. The lowest BCUT2D eigenvalue weighted by Crippen LogP contribution is -2.74. The predicted octanol–water partition coefficient (Wildman–Crippen LogP) is 0.786. The van der Waals surface area contributed by atoms with Crippen LogP contribution < -0.4 is 10.1 Å². The molecule has 1 amide bonds. The molecule has 2 bridgehead atoms. The molecule has 5 aliphatic rings. The van der Waals surface area contributed by atoms with Crippen LogP contribution >= 0.6 is 0 Å². The number of ether oxygens (including phenoxy) is 4. The number of phenols is 1. The van der Waals surface area contributed by atoms with Crippen molar-refractivity contribution in [2.75, 3.05) is 13.6 Å². The number of aromatic hydroxyl groups is 1. The molecule has 11 heteroatoms. The van der Waals surface area contributed by atoms with E-state index in [-0.39, 0.29) is 30.4 Å². The Morgan fingerprint density at radius 2 is 2.08 bits per heavy atom. The second kappa shape index (κ2) is 8.17. The number of likely N-dealkylation sites (tertiary alicyclic amines) is 1. The molecule has 11 nitrogen and oxygen atoms in total. The second-order valence-corrected chi connectivity index (χ2v) is 11.4. The van der Waals surface area contributed by atoms with Crippen LogP contribution in [0.3, 0.4) is 0 Å². The number of carbonyl (C=O) groups is 3. The van der Waals surface area contributed by atoms with Crippen LogP contribution in [0.15, 0.2) is 24.0 Å². The molecule has 0 saturated carbocycles. The Bertz CT molecular complexity index is 1280. The lowest BCUT2D eigenvalue weighted by atomic mass is 9.50. The Kier molecular flexibility index (Phi) is 5.41. The number of carbonyl (C=O) groups excluding carboxylic acids is 3. The summed E-state index contributed by atoms with van der Waals surface area (Å²) in [5.74, 6) is -2.48. The zero-order valence-corrected chi connectivity index (χ0v) is 21.8. The largest absolute Gasteiger partial charge is 0.504 e. The number of aliphatic hydroxyl groups is 1. The van der Waals surface area contributed by atoms with Crippen LogP contribution in [0, 0.1) is 0 Å². The van der Waals surface area contributed by atoms with E-state index in [1.807, 2.05) is 13.1 Å². The van der Waals surface area contributed by atoms with Gasteiger partial charge in [0.05, 0.1) is 17.4 Å². The summed E-state index contributed by atoms with van der Waals surface area (Å²) in [5.41, 5.74) is -0.250. The minimum Gasteiger partial charge on any atom is -0.504 e. The van der Waals surface area contributed by atoms with Gasteiger partial charge in [-0.1, -0.05) is 6.07 Å². The maximum atomic E-state index is 13.1. The Labute approximate surface area is 219 Å². The number of esters is 2. The standard InChI is InChI=1S/C27H32N2O9/c1-13(28-19(31)12-17-24(33)38-25(2,3)37-17)23(32)35-16-7-8-27(34)18-11-14-5-6-15(30)21-20(14)26(27,22(16)36-21)9-10-29(18)4/h5-7,13,17-18,22,30,34H,8-12H2,1-4H3,(H,28,31)/t13-,17-,18+,22-,26-,27+/m0/s1. The number of benzene rings is 1. The van der Waals surface area contributed by atoms with Crippen molar-refractivity contribution in [3.8, 4) is 11.5 Å². The van der Waals surface area contributed by atoms with Gasteiger partial charge in [-0.3, -0.25) is 4.79 Å². The molecule has 2 saturated heterocycles. The summed E-state index contributed by atoms with van der Waals surface area (Å²) in [4.78, 5) is 39.7. The predicted molar refractivity (Wildman–Crippen MR) is 130 cm³/mol. The number of phenolic OH excluding ortho intramolecular Hbond substituents is 1. The third-order valence-corrected chi connectivity index (χ3v) is 8.71. The molecule has 1 aromatic rings. The summed E-state index contributed by atoms with van der Waals surface area (Å²) >= 11 is 0. The molecule has 38 heavy (non-hydrogen) atoms. The fourth-order valence-corrected chi connectivity index (χ4v) is 7.02. The molecular weight excluding hydrogens is 496 g/mol. The average molecular weight is 529 g/mol. The van der Waals surface area contributed by atoms with E-state index in [0.717, 1.165) is 11.1 Å². The van der Waals surface area contributed by atoms with Crippen LogP contribution in [0.4, 0.5) is 0 Å². The first-order chi connectivity index (χ1) is 17.9. The Morgan fingerprint density at radius 3 is 2.79 bits per heavy atom. The van der Waals surface area contributed by atoms with Gasteiger partial charge in [-0.2, -0.15) is 0 Å². The highest BCUT2D eigenvalue weighted by Crippen LogP contribution is 2.65. The molecule has 6 rings (SSSR count). The number of likely N-dealkylation sites (N-methyl/N-ethyl adjacent to an activating group) is 1. The van der Waals surface area contributed by atoms with E-state index in [4.69, 9.17) is 18.9 Å². The van der Waals surface area contributed by atoms with Gasteiger partial charge in [-0.25, -0.2) is 9.59 Å². The van der Waals surface area contributed by atoms with Crippen molar-refractivity contribution in [3.05, 3.63) is 35.1 Å². The number of nitrogens with zero attached hydrogens (tertiary/aromatic N) is 1. The first-order valence-corrected chi connectivity index (χ1v) is 12.9. The van der Waals surface area contributed by atoms with Crippen molar-refractivity contribution in [1.82, 2.24) is 10.2 Å². The van der Waals surface area contributed by atoms with Gasteiger partial charge in [0, 0.05) is 31.9 Å². The first kappa shape index (κ1) is 25.1. The van der Waals surface area contributed by atoms with Crippen molar-refractivity contribution in [1.29, 1.82) is 0 Å². The third kappa shape index (κ3) is 3.41. The molecule has 204 valence electrons. The number of hydrogen-bond donors (Lipinski definition) is 3. The van der Waals surface area contributed by atoms with Crippen LogP contribution in [-0.2, 0) is 40.4 Å². The van der Waals surface area contributed by atoms with Gasteiger partial charge in [-0.15, -0.1) is 0 Å². The van der Waals surface area contributed by atoms with Gasteiger partial charge in [0.2, 0.25) is 11.7 Å². The van der Waals surface area contributed by atoms with Crippen molar-refractivity contribution in [3.63, 3.8) is 0 Å². The number of hydrogen-bond acceptors (Lipinski definition) is 10. The van der Waals surface area contributed by atoms with Crippen LogP contribution in [0.25, 0.3) is 0 Å². The van der Waals surface area contributed by atoms with Gasteiger partial charge in [0.15, 0.2) is 23.7 Å². The smallest absolute Gasteiger partial charge is 0.338 e. The molecule has 3 aliphatic heterocycles. The normalized spacial score (nSPS) is 34.9. The molecule has 1 aromatic carbocycles. The quantitative estimate of drug-likeness (QED) is 0.469. The average Bonchev–Trinajstić information content (AvgIpc) is 3.32. The molecule has 3 heterocycles. The third-order valence-electron chi connectivity index (χ3n) is 8.71. The molecule has 1 spiro atoms. The molecule has 3 N–H and O–H groups in total. The van der Waals surface area contributed by atoms with E-state index in [0.29, 0.717) is 25.1 Å². The van der Waals surface area contributed by atoms with E-state index in [9.17, 15) is 24.6 Å². The van der Waals surface area contributed by atoms with Gasteiger partial charge >= 0.3 is 11.9 Å². The molecule has 2 fully saturated rings. The molecule has 0 aromatic heterocycles. The Balaban J connectivity index is 1.22. The zero-order chi connectivity index (χ0) is 27.2. The highest BCUT2D eigenvalue weighted by molar-refractivity contribution is 5.88.